The number of hydrogen-bond acceptors (Lipinski definition) is 3. The first kappa shape index (κ1) is 12.6. The van der Waals surface area contributed by atoms with Crippen molar-refractivity contribution in [1.29, 1.82) is 0 Å². The summed E-state index contributed by atoms with van der Waals surface area (Å²) in [5, 5.41) is 2.70. The maximum absolute atomic E-state index is 11.9. The quantitative estimate of drug-likeness (QED) is 0.641. The maximum atomic E-state index is 11.9. The summed E-state index contributed by atoms with van der Waals surface area (Å²) in [7, 11) is 0. The second-order valence-electron chi connectivity index (χ2n) is 4.28. The van der Waals surface area contributed by atoms with Crippen LogP contribution in [0.4, 0.5) is 5.69 Å². The van der Waals surface area contributed by atoms with Crippen molar-refractivity contribution in [3.8, 4) is 5.75 Å². The Morgan fingerprint density at radius 2 is 2.22 bits per heavy atom. The molecule has 1 N–H and O–H groups in total. The first-order valence-electron chi connectivity index (χ1n) is 6.10. The number of nitrogens with one attached hydrogen (secondary N) is 1. The van der Waals surface area contributed by atoms with Gasteiger partial charge in [0.2, 0.25) is 0 Å². The van der Waals surface area contributed by atoms with Crippen molar-refractivity contribution < 1.29 is 14.3 Å². The Morgan fingerprint density at radius 3 is 3.00 bits per heavy atom. The molecular weight excluding hydrogens is 230 g/mol. The lowest BCUT2D eigenvalue weighted by molar-refractivity contribution is -0.118. The molecule has 2 rings (SSSR count). The summed E-state index contributed by atoms with van der Waals surface area (Å²) in [5.41, 5.74) is 1.19. The van der Waals surface area contributed by atoms with E-state index >= 15 is 0 Å². The largest absolute Gasteiger partial charge is 0.482 e. The van der Waals surface area contributed by atoms with Gasteiger partial charge in [-0.05, 0) is 24.6 Å². The first-order chi connectivity index (χ1) is 8.70. The SMILES string of the molecule is [CH2]CCCCC(=O)c1ccc2c(c1)NC(=O)CO2. The molecule has 0 aromatic heterocycles. The molecule has 1 aliphatic heterocycles. The smallest absolute Gasteiger partial charge is 0.262 e. The molecule has 18 heavy (non-hydrogen) atoms. The number of carbonyl (C=O) groups is 2. The second-order valence-corrected chi connectivity index (χ2v) is 4.28. The van der Waals surface area contributed by atoms with Crippen LogP contribution in [0.1, 0.15) is 36.0 Å². The summed E-state index contributed by atoms with van der Waals surface area (Å²) < 4.78 is 5.24. The Balaban J connectivity index is 2.08. The Bertz CT molecular complexity index is 468. The van der Waals surface area contributed by atoms with E-state index < -0.39 is 0 Å². The van der Waals surface area contributed by atoms with Crippen LogP contribution in [0.5, 0.6) is 5.75 Å². The molecule has 4 nitrogen and oxygen atoms in total. The number of unbranched alkanes of at least 4 members (excludes halogenated alkanes) is 2. The topological polar surface area (TPSA) is 55.4 Å². The molecule has 1 heterocycles. The second kappa shape index (κ2) is 5.67. The molecule has 1 amide bonds. The van der Waals surface area contributed by atoms with E-state index in [1.165, 1.54) is 0 Å². The maximum Gasteiger partial charge on any atom is 0.262 e. The molecule has 0 fully saturated rings. The average molecular weight is 246 g/mol. The van der Waals surface area contributed by atoms with Crippen LogP contribution in [0.25, 0.3) is 0 Å². The average Bonchev–Trinajstić information content (AvgIpc) is 2.38. The van der Waals surface area contributed by atoms with Gasteiger partial charge in [-0.3, -0.25) is 9.59 Å². The van der Waals surface area contributed by atoms with Crippen LogP contribution >= 0.6 is 0 Å². The van der Waals surface area contributed by atoms with Gasteiger partial charge in [0.05, 0.1) is 5.69 Å². The summed E-state index contributed by atoms with van der Waals surface area (Å²) in [5.74, 6) is 0.513. The number of rotatable bonds is 5. The molecule has 0 saturated heterocycles. The fourth-order valence-electron chi connectivity index (χ4n) is 1.86. The monoisotopic (exact) mass is 246 g/mol. The molecule has 4 heteroatoms. The van der Waals surface area contributed by atoms with Gasteiger partial charge >= 0.3 is 0 Å². The molecule has 0 atom stereocenters. The molecule has 1 aromatic carbocycles. The van der Waals surface area contributed by atoms with E-state index in [2.05, 4.69) is 12.2 Å². The predicted octanol–water partition coefficient (Wildman–Crippen LogP) is 2.59. The van der Waals surface area contributed by atoms with E-state index in [0.717, 1.165) is 19.3 Å². The van der Waals surface area contributed by atoms with Crippen molar-refractivity contribution in [1.82, 2.24) is 0 Å². The third kappa shape index (κ3) is 2.88. The van der Waals surface area contributed by atoms with E-state index in [0.29, 0.717) is 23.4 Å². The molecule has 1 aliphatic rings. The van der Waals surface area contributed by atoms with Gasteiger partial charge in [-0.2, -0.15) is 0 Å². The third-order valence-electron chi connectivity index (χ3n) is 2.84. The standard InChI is InChI=1S/C14H16NO3/c1-2-3-4-5-12(16)10-6-7-13-11(8-10)15-14(17)9-18-13/h6-8H,1-5,9H2,(H,15,17). The summed E-state index contributed by atoms with van der Waals surface area (Å²) in [6, 6.07) is 5.14. The van der Waals surface area contributed by atoms with Crippen molar-refractivity contribution in [2.45, 2.75) is 25.7 Å². The van der Waals surface area contributed by atoms with Gasteiger partial charge in [-0.25, -0.2) is 0 Å². The number of Topliss-reactive ketones (excluding diaryl/α,β-unsaturated/α-hetero) is 1. The Labute approximate surface area is 106 Å². The van der Waals surface area contributed by atoms with Crippen LogP contribution in [0, 0.1) is 6.92 Å². The lowest BCUT2D eigenvalue weighted by atomic mass is 10.0. The van der Waals surface area contributed by atoms with Crippen molar-refractivity contribution in [2.75, 3.05) is 11.9 Å². The minimum atomic E-state index is -0.191. The van der Waals surface area contributed by atoms with Crippen LogP contribution in [0.15, 0.2) is 18.2 Å². The number of ether oxygens (including phenoxy) is 1. The van der Waals surface area contributed by atoms with Gasteiger partial charge in [0.1, 0.15) is 5.75 Å². The molecule has 1 aromatic rings. The van der Waals surface area contributed by atoms with Crippen LogP contribution < -0.4 is 10.1 Å². The Hall–Kier alpha value is -1.84. The van der Waals surface area contributed by atoms with Gasteiger partial charge in [0, 0.05) is 12.0 Å². The molecule has 0 unspecified atom stereocenters. The van der Waals surface area contributed by atoms with Crippen LogP contribution in [-0.4, -0.2) is 18.3 Å². The lowest BCUT2D eigenvalue weighted by Gasteiger charge is -2.18. The lowest BCUT2D eigenvalue weighted by Crippen LogP contribution is -2.25. The zero-order valence-electron chi connectivity index (χ0n) is 10.2. The molecule has 0 saturated carbocycles. The van der Waals surface area contributed by atoms with Gasteiger partial charge in [0.25, 0.3) is 5.91 Å². The van der Waals surface area contributed by atoms with Gasteiger partial charge in [-0.15, -0.1) is 0 Å². The molecule has 0 spiro atoms. The zero-order valence-corrected chi connectivity index (χ0v) is 10.2. The zero-order chi connectivity index (χ0) is 13.0. The van der Waals surface area contributed by atoms with E-state index in [1.807, 2.05) is 0 Å². The first-order valence-corrected chi connectivity index (χ1v) is 6.10. The van der Waals surface area contributed by atoms with Crippen LogP contribution in [0.2, 0.25) is 0 Å². The van der Waals surface area contributed by atoms with Gasteiger partial charge < -0.3 is 10.1 Å². The highest BCUT2D eigenvalue weighted by Crippen LogP contribution is 2.28. The van der Waals surface area contributed by atoms with E-state index in [1.54, 1.807) is 18.2 Å². The fraction of sp³-hybridized carbons (Fsp3) is 0.357. The number of carbonyl (C=O) groups excluding carboxylic acids is 2. The van der Waals surface area contributed by atoms with Crippen LogP contribution in [0.3, 0.4) is 0 Å². The molecule has 0 aliphatic carbocycles. The highest BCUT2D eigenvalue weighted by atomic mass is 16.5. The van der Waals surface area contributed by atoms with Crippen molar-refractivity contribution in [3.63, 3.8) is 0 Å². The number of amides is 1. The summed E-state index contributed by atoms with van der Waals surface area (Å²) in [6.07, 6.45) is 3.17. The van der Waals surface area contributed by atoms with Gasteiger partial charge in [0.15, 0.2) is 12.4 Å². The van der Waals surface area contributed by atoms with Gasteiger partial charge in [-0.1, -0.05) is 19.8 Å². The Kier molecular flexibility index (Phi) is 3.97. The highest BCUT2D eigenvalue weighted by Gasteiger charge is 2.17. The van der Waals surface area contributed by atoms with Crippen LogP contribution in [-0.2, 0) is 4.79 Å². The highest BCUT2D eigenvalue weighted by molar-refractivity contribution is 6.00. The molecule has 0 bridgehead atoms. The third-order valence-corrected chi connectivity index (χ3v) is 2.84. The van der Waals surface area contributed by atoms with E-state index in [-0.39, 0.29) is 18.3 Å². The Morgan fingerprint density at radius 1 is 1.39 bits per heavy atom. The number of fused-ring (bicyclic) bond motifs is 1. The minimum Gasteiger partial charge on any atom is -0.482 e. The normalized spacial score (nSPS) is 13.5. The van der Waals surface area contributed by atoms with E-state index in [9.17, 15) is 9.59 Å². The number of ketones is 1. The van der Waals surface area contributed by atoms with Crippen molar-refractivity contribution in [2.24, 2.45) is 0 Å². The molecular formula is C14H16NO3. The van der Waals surface area contributed by atoms with Crippen molar-refractivity contribution >= 4 is 17.4 Å². The number of benzene rings is 1. The predicted molar refractivity (Wildman–Crippen MR) is 68.7 cm³/mol. The number of hydrogen-bond donors (Lipinski definition) is 1. The number of anilines is 1. The van der Waals surface area contributed by atoms with E-state index in [4.69, 9.17) is 4.74 Å². The summed E-state index contributed by atoms with van der Waals surface area (Å²) in [4.78, 5) is 23.1. The summed E-state index contributed by atoms with van der Waals surface area (Å²) in [6.45, 7) is 3.78. The minimum absolute atomic E-state index is 0.0315. The molecule has 95 valence electrons. The summed E-state index contributed by atoms with van der Waals surface area (Å²) >= 11 is 0. The molecule has 1 radical (unpaired) electrons. The fourth-order valence-corrected chi connectivity index (χ4v) is 1.86. The van der Waals surface area contributed by atoms with Crippen molar-refractivity contribution in [3.05, 3.63) is 30.7 Å².